The second-order valence-electron chi connectivity index (χ2n) is 11.8. The highest BCUT2D eigenvalue weighted by Crippen LogP contribution is 2.39. The molecule has 0 fully saturated rings. The van der Waals surface area contributed by atoms with E-state index < -0.39 is 0 Å². The van der Waals surface area contributed by atoms with Crippen molar-refractivity contribution in [3.63, 3.8) is 0 Å². The van der Waals surface area contributed by atoms with Crippen molar-refractivity contribution >= 4 is 75.1 Å². The van der Waals surface area contributed by atoms with Crippen LogP contribution in [0.25, 0.3) is 86.3 Å². The standard InChI is InChI=1S/C42H26N2S/c1-5-16-37-31(12-1)32-13-2-6-17-38(32)43(37)29-11-9-10-27(24-29)28-20-22-40-35(25-28)33-14-3-7-18-39(33)44(40)30-21-23-42-36(26-30)34-15-4-8-19-41(34)45-42/h1-26H. The fourth-order valence-corrected chi connectivity index (χ4v) is 8.40. The summed E-state index contributed by atoms with van der Waals surface area (Å²) in [5.74, 6) is 0. The van der Waals surface area contributed by atoms with Gasteiger partial charge in [-0.1, -0.05) is 91.0 Å². The lowest BCUT2D eigenvalue weighted by molar-refractivity contribution is 1.18. The summed E-state index contributed by atoms with van der Waals surface area (Å²) >= 11 is 1.86. The molecule has 45 heavy (non-hydrogen) atoms. The second kappa shape index (κ2) is 9.43. The first kappa shape index (κ1) is 24.8. The molecule has 10 aromatic rings. The van der Waals surface area contributed by atoms with Crippen molar-refractivity contribution in [2.24, 2.45) is 0 Å². The minimum absolute atomic E-state index is 1.17. The molecule has 210 valence electrons. The van der Waals surface area contributed by atoms with E-state index in [-0.39, 0.29) is 0 Å². The smallest absolute Gasteiger partial charge is 0.0541 e. The van der Waals surface area contributed by atoms with E-state index in [2.05, 4.69) is 167 Å². The van der Waals surface area contributed by atoms with E-state index in [1.165, 1.54) is 86.3 Å². The number of benzene rings is 7. The lowest BCUT2D eigenvalue weighted by atomic mass is 10.0. The zero-order chi connectivity index (χ0) is 29.5. The summed E-state index contributed by atoms with van der Waals surface area (Å²) < 4.78 is 7.48. The third-order valence-corrected chi connectivity index (χ3v) is 10.5. The van der Waals surface area contributed by atoms with Crippen LogP contribution in [0.2, 0.25) is 0 Å². The van der Waals surface area contributed by atoms with Gasteiger partial charge in [0.1, 0.15) is 0 Å². The van der Waals surface area contributed by atoms with Gasteiger partial charge < -0.3 is 9.13 Å². The van der Waals surface area contributed by atoms with Crippen molar-refractivity contribution in [2.45, 2.75) is 0 Å². The maximum absolute atomic E-state index is 2.43. The Morgan fingerprint density at radius 1 is 0.311 bits per heavy atom. The zero-order valence-corrected chi connectivity index (χ0v) is 25.1. The molecule has 0 saturated carbocycles. The van der Waals surface area contributed by atoms with Gasteiger partial charge in [0.2, 0.25) is 0 Å². The number of rotatable bonds is 3. The first-order valence-corrected chi connectivity index (χ1v) is 16.2. The van der Waals surface area contributed by atoms with Gasteiger partial charge in [0, 0.05) is 53.1 Å². The first-order valence-electron chi connectivity index (χ1n) is 15.4. The average molecular weight is 591 g/mol. The Morgan fingerprint density at radius 2 is 0.844 bits per heavy atom. The highest BCUT2D eigenvalue weighted by molar-refractivity contribution is 7.25. The van der Waals surface area contributed by atoms with Crippen molar-refractivity contribution in [1.82, 2.24) is 9.13 Å². The van der Waals surface area contributed by atoms with Gasteiger partial charge in [-0.05, 0) is 77.9 Å². The van der Waals surface area contributed by atoms with Crippen molar-refractivity contribution in [3.05, 3.63) is 158 Å². The van der Waals surface area contributed by atoms with Gasteiger partial charge in [-0.3, -0.25) is 0 Å². The van der Waals surface area contributed by atoms with Gasteiger partial charge >= 0.3 is 0 Å². The van der Waals surface area contributed by atoms with Crippen LogP contribution < -0.4 is 0 Å². The van der Waals surface area contributed by atoms with E-state index >= 15 is 0 Å². The molecule has 10 rings (SSSR count). The fraction of sp³-hybridized carbons (Fsp3) is 0. The van der Waals surface area contributed by atoms with Gasteiger partial charge in [0.05, 0.1) is 22.1 Å². The normalized spacial score (nSPS) is 12.0. The maximum atomic E-state index is 2.43. The molecule has 0 spiro atoms. The molecule has 3 heterocycles. The van der Waals surface area contributed by atoms with Gasteiger partial charge in [-0.2, -0.15) is 0 Å². The fourth-order valence-electron chi connectivity index (χ4n) is 7.31. The Morgan fingerprint density at radius 3 is 1.56 bits per heavy atom. The Labute approximate surface area is 263 Å². The number of fused-ring (bicyclic) bond motifs is 9. The number of thiophene rings is 1. The Bertz CT molecular complexity index is 2720. The summed E-state index contributed by atoms with van der Waals surface area (Å²) in [6, 6.07) is 57.7. The van der Waals surface area contributed by atoms with E-state index in [9.17, 15) is 0 Å². The van der Waals surface area contributed by atoms with Crippen LogP contribution in [0, 0.1) is 0 Å². The Hall–Kier alpha value is -5.64. The molecule has 0 aliphatic rings. The highest BCUT2D eigenvalue weighted by atomic mass is 32.1. The van der Waals surface area contributed by atoms with Crippen molar-refractivity contribution in [2.75, 3.05) is 0 Å². The molecule has 0 amide bonds. The second-order valence-corrected chi connectivity index (χ2v) is 12.9. The van der Waals surface area contributed by atoms with Crippen LogP contribution in [0.15, 0.2) is 158 Å². The van der Waals surface area contributed by atoms with Gasteiger partial charge in [0.15, 0.2) is 0 Å². The third-order valence-electron chi connectivity index (χ3n) is 9.31. The molecular weight excluding hydrogens is 565 g/mol. The predicted octanol–water partition coefficient (Wildman–Crippen LogP) is 11.9. The largest absolute Gasteiger partial charge is 0.309 e. The summed E-state index contributed by atoms with van der Waals surface area (Å²) in [7, 11) is 0. The topological polar surface area (TPSA) is 9.86 Å². The lowest BCUT2D eigenvalue weighted by Gasteiger charge is -2.11. The summed E-state index contributed by atoms with van der Waals surface area (Å²) in [6.45, 7) is 0. The molecule has 0 bridgehead atoms. The Balaban J connectivity index is 1.16. The van der Waals surface area contributed by atoms with Gasteiger partial charge in [-0.25, -0.2) is 0 Å². The van der Waals surface area contributed by atoms with Crippen molar-refractivity contribution < 1.29 is 0 Å². The van der Waals surface area contributed by atoms with E-state index in [1.54, 1.807) is 0 Å². The maximum Gasteiger partial charge on any atom is 0.0541 e. The minimum atomic E-state index is 1.17. The molecular formula is C42H26N2S. The third kappa shape index (κ3) is 3.62. The first-order chi connectivity index (χ1) is 22.3. The molecule has 0 aliphatic carbocycles. The number of aromatic nitrogens is 2. The lowest BCUT2D eigenvalue weighted by Crippen LogP contribution is -1.94. The molecule has 0 aliphatic heterocycles. The summed E-state index contributed by atoms with van der Waals surface area (Å²) in [5, 5.41) is 7.73. The van der Waals surface area contributed by atoms with E-state index in [1.807, 2.05) is 11.3 Å². The number of hydrogen-bond acceptors (Lipinski definition) is 1. The summed E-state index contributed by atoms with van der Waals surface area (Å²) in [5.41, 5.74) is 9.68. The van der Waals surface area contributed by atoms with Crippen LogP contribution in [0.5, 0.6) is 0 Å². The van der Waals surface area contributed by atoms with Crippen LogP contribution >= 0.6 is 11.3 Å². The monoisotopic (exact) mass is 590 g/mol. The molecule has 0 atom stereocenters. The molecule has 3 heteroatoms. The van der Waals surface area contributed by atoms with Gasteiger partial charge in [0.25, 0.3) is 0 Å². The van der Waals surface area contributed by atoms with Gasteiger partial charge in [-0.15, -0.1) is 11.3 Å². The number of para-hydroxylation sites is 3. The molecule has 7 aromatic carbocycles. The molecule has 0 unspecified atom stereocenters. The molecule has 0 N–H and O–H groups in total. The predicted molar refractivity (Wildman–Crippen MR) is 193 cm³/mol. The van der Waals surface area contributed by atoms with E-state index in [4.69, 9.17) is 0 Å². The zero-order valence-electron chi connectivity index (χ0n) is 24.3. The quantitative estimate of drug-likeness (QED) is 0.194. The van der Waals surface area contributed by atoms with Crippen LogP contribution in [-0.4, -0.2) is 9.13 Å². The molecule has 0 radical (unpaired) electrons. The Kier molecular flexibility index (Phi) is 5.19. The van der Waals surface area contributed by atoms with Crippen LogP contribution in [0.3, 0.4) is 0 Å². The van der Waals surface area contributed by atoms with E-state index in [0.29, 0.717) is 0 Å². The van der Waals surface area contributed by atoms with Crippen molar-refractivity contribution in [1.29, 1.82) is 0 Å². The van der Waals surface area contributed by atoms with Crippen LogP contribution in [-0.2, 0) is 0 Å². The van der Waals surface area contributed by atoms with Crippen LogP contribution in [0.4, 0.5) is 0 Å². The number of hydrogen-bond donors (Lipinski definition) is 0. The van der Waals surface area contributed by atoms with Crippen molar-refractivity contribution in [3.8, 4) is 22.5 Å². The molecule has 3 aromatic heterocycles. The molecule has 2 nitrogen and oxygen atoms in total. The number of nitrogens with zero attached hydrogens (tertiary/aromatic N) is 2. The summed E-state index contributed by atoms with van der Waals surface area (Å²) in [6.07, 6.45) is 0. The minimum Gasteiger partial charge on any atom is -0.309 e. The average Bonchev–Trinajstić information content (AvgIpc) is 3.75. The molecule has 0 saturated heterocycles. The van der Waals surface area contributed by atoms with E-state index in [0.717, 1.165) is 0 Å². The SMILES string of the molecule is c1cc(-c2ccc3c(c2)c2ccccc2n3-c2ccc3sc4ccccc4c3c2)cc(-n2c3ccccc3c3ccccc32)c1. The summed E-state index contributed by atoms with van der Waals surface area (Å²) in [4.78, 5) is 0. The highest BCUT2D eigenvalue weighted by Gasteiger charge is 2.16. The van der Waals surface area contributed by atoms with Crippen LogP contribution in [0.1, 0.15) is 0 Å².